The molecule has 5 heteroatoms. The number of ether oxygens (including phenoxy) is 2. The Labute approximate surface area is 201 Å². The smallest absolute Gasteiger partial charge is 0.173 e. The molecule has 4 aromatic rings. The Hall–Kier alpha value is -3.70. The molecule has 0 aliphatic heterocycles. The van der Waals surface area contributed by atoms with Crippen molar-refractivity contribution >= 4 is 28.0 Å². The number of rotatable bonds is 8. The van der Waals surface area contributed by atoms with E-state index in [1.165, 1.54) is 0 Å². The van der Waals surface area contributed by atoms with Gasteiger partial charge in [-0.3, -0.25) is 4.79 Å². The van der Waals surface area contributed by atoms with Gasteiger partial charge in [0, 0.05) is 12.0 Å². The van der Waals surface area contributed by atoms with Crippen LogP contribution >= 0.6 is 15.9 Å². The molecule has 0 aliphatic rings. The van der Waals surface area contributed by atoms with Crippen LogP contribution in [0.3, 0.4) is 0 Å². The first-order valence-corrected chi connectivity index (χ1v) is 11.5. The van der Waals surface area contributed by atoms with Crippen LogP contribution in [0.2, 0.25) is 0 Å². The van der Waals surface area contributed by atoms with Crippen LogP contribution in [-0.2, 0) is 11.2 Å². The molecule has 0 amide bonds. The third-order valence-corrected chi connectivity index (χ3v) is 5.01. The first-order valence-electron chi connectivity index (χ1n) is 10.4. The monoisotopic (exact) mass is 502 g/mol. The van der Waals surface area contributed by atoms with Crippen LogP contribution in [0.5, 0.6) is 23.0 Å². The molecule has 0 saturated heterocycles. The minimum absolute atomic E-state index is 0.0660. The van der Waals surface area contributed by atoms with Crippen LogP contribution in [0.15, 0.2) is 109 Å². The van der Waals surface area contributed by atoms with Gasteiger partial charge in [-0.15, -0.1) is 0 Å². The second kappa shape index (κ2) is 13.0. The quantitative estimate of drug-likeness (QED) is 0.144. The number of hydrogen-bond acceptors (Lipinski definition) is 4. The molecule has 0 aliphatic carbocycles. The molecule has 0 fully saturated rings. The summed E-state index contributed by atoms with van der Waals surface area (Å²) in [5.74, 6) is 3.16. The maximum absolute atomic E-state index is 11.4. The Balaban J connectivity index is 0.000000186. The van der Waals surface area contributed by atoms with Gasteiger partial charge >= 0.3 is 0 Å². The Morgan fingerprint density at radius 3 is 1.48 bits per heavy atom. The first kappa shape index (κ1) is 24.0. The van der Waals surface area contributed by atoms with E-state index in [1.807, 2.05) is 84.9 Å². The number of carbonyl (C=O) groups is 2. The maximum atomic E-state index is 11.4. The summed E-state index contributed by atoms with van der Waals surface area (Å²) < 4.78 is 11.2. The highest BCUT2D eigenvalue weighted by atomic mass is 79.9. The first-order chi connectivity index (χ1) is 16.2. The van der Waals surface area contributed by atoms with Gasteiger partial charge in [0.05, 0.1) is 5.33 Å². The SMILES string of the molecule is O=C(CBr)c1ccc(Oc2ccccc2)cc1.O=CCc1ccc(Oc2ccccc2)cc1. The van der Waals surface area contributed by atoms with Crippen LogP contribution in [0.25, 0.3) is 0 Å². The van der Waals surface area contributed by atoms with Gasteiger partial charge in [-0.25, -0.2) is 0 Å². The Kier molecular flexibility index (Phi) is 9.43. The minimum Gasteiger partial charge on any atom is -0.457 e. The molecule has 4 rings (SSSR count). The van der Waals surface area contributed by atoms with Crippen molar-refractivity contribution in [1.82, 2.24) is 0 Å². The maximum Gasteiger partial charge on any atom is 0.173 e. The molecule has 4 nitrogen and oxygen atoms in total. The number of hydrogen-bond donors (Lipinski definition) is 0. The molecule has 0 radical (unpaired) electrons. The van der Waals surface area contributed by atoms with E-state index in [9.17, 15) is 9.59 Å². The largest absolute Gasteiger partial charge is 0.457 e. The summed E-state index contributed by atoms with van der Waals surface area (Å²) in [6.45, 7) is 0. The summed E-state index contributed by atoms with van der Waals surface area (Å²) in [6.07, 6.45) is 1.35. The Bertz CT molecular complexity index is 1130. The number of para-hydroxylation sites is 2. The molecule has 0 unspecified atom stereocenters. The molecule has 166 valence electrons. The van der Waals surface area contributed by atoms with Crippen molar-refractivity contribution in [2.24, 2.45) is 0 Å². The molecule has 4 aromatic carbocycles. The molecular formula is C28H23BrO4. The zero-order valence-corrected chi connectivity index (χ0v) is 19.5. The zero-order valence-electron chi connectivity index (χ0n) is 17.9. The van der Waals surface area contributed by atoms with Crippen molar-refractivity contribution in [1.29, 1.82) is 0 Å². The number of halogens is 1. The van der Waals surface area contributed by atoms with Crippen LogP contribution in [0.4, 0.5) is 0 Å². The summed E-state index contributed by atoms with van der Waals surface area (Å²) in [5.41, 5.74) is 1.68. The lowest BCUT2D eigenvalue weighted by atomic mass is 10.1. The fourth-order valence-corrected chi connectivity index (χ4v) is 3.15. The van der Waals surface area contributed by atoms with Crippen molar-refractivity contribution in [3.63, 3.8) is 0 Å². The van der Waals surface area contributed by atoms with Gasteiger partial charge in [-0.2, -0.15) is 0 Å². The fourth-order valence-electron chi connectivity index (χ4n) is 2.83. The van der Waals surface area contributed by atoms with E-state index in [0.29, 0.717) is 17.3 Å². The van der Waals surface area contributed by atoms with Crippen molar-refractivity contribution < 1.29 is 19.1 Å². The normalized spacial score (nSPS) is 9.85. The summed E-state index contributed by atoms with van der Waals surface area (Å²) in [4.78, 5) is 21.7. The van der Waals surface area contributed by atoms with E-state index < -0.39 is 0 Å². The number of carbonyl (C=O) groups excluding carboxylic acids is 2. The third kappa shape index (κ3) is 8.05. The summed E-state index contributed by atoms with van der Waals surface area (Å²) in [7, 11) is 0. The number of benzene rings is 4. The molecule has 0 bridgehead atoms. The Morgan fingerprint density at radius 2 is 1.06 bits per heavy atom. The van der Waals surface area contributed by atoms with Crippen molar-refractivity contribution in [3.8, 4) is 23.0 Å². The van der Waals surface area contributed by atoms with Gasteiger partial charge in [0.1, 0.15) is 29.3 Å². The molecular weight excluding hydrogens is 480 g/mol. The van der Waals surface area contributed by atoms with Crippen molar-refractivity contribution in [3.05, 3.63) is 120 Å². The lowest BCUT2D eigenvalue weighted by Gasteiger charge is -2.05. The standard InChI is InChI=1S/C14H11BrO2.C14H12O2/c15-10-14(16)11-6-8-13(9-7-11)17-12-4-2-1-3-5-12;15-11-10-12-6-8-14(9-7-12)16-13-4-2-1-3-5-13/h1-9H,10H2;1-9,11H,10H2. The van der Waals surface area contributed by atoms with E-state index >= 15 is 0 Å². The van der Waals surface area contributed by atoms with Crippen LogP contribution in [0.1, 0.15) is 15.9 Å². The van der Waals surface area contributed by atoms with Gasteiger partial charge < -0.3 is 14.3 Å². The summed E-state index contributed by atoms with van der Waals surface area (Å²) in [6, 6.07) is 33.8. The Morgan fingerprint density at radius 1 is 0.636 bits per heavy atom. The highest BCUT2D eigenvalue weighted by molar-refractivity contribution is 9.09. The molecule has 0 N–H and O–H groups in total. The van der Waals surface area contributed by atoms with Gasteiger partial charge in [0.25, 0.3) is 0 Å². The molecule has 33 heavy (non-hydrogen) atoms. The average molecular weight is 503 g/mol. The number of Topliss-reactive ketones (excluding diaryl/α,β-unsaturated/α-hetero) is 1. The van der Waals surface area contributed by atoms with Crippen LogP contribution in [0, 0.1) is 0 Å². The molecule has 0 saturated carbocycles. The second-order valence-corrected chi connectivity index (χ2v) is 7.49. The van der Waals surface area contributed by atoms with Crippen LogP contribution < -0.4 is 9.47 Å². The average Bonchev–Trinajstić information content (AvgIpc) is 2.87. The fraction of sp³-hybridized carbons (Fsp3) is 0.0714. The lowest BCUT2D eigenvalue weighted by Crippen LogP contribution is -1.98. The van der Waals surface area contributed by atoms with E-state index in [-0.39, 0.29) is 5.78 Å². The molecule has 0 heterocycles. The zero-order chi connectivity index (χ0) is 23.3. The second-order valence-electron chi connectivity index (χ2n) is 6.93. The third-order valence-electron chi connectivity index (χ3n) is 4.50. The highest BCUT2D eigenvalue weighted by Crippen LogP contribution is 2.22. The van der Waals surface area contributed by atoms with E-state index in [2.05, 4.69) is 15.9 Å². The van der Waals surface area contributed by atoms with Gasteiger partial charge in [-0.1, -0.05) is 64.5 Å². The topological polar surface area (TPSA) is 52.6 Å². The number of aldehydes is 1. The van der Waals surface area contributed by atoms with Crippen LogP contribution in [-0.4, -0.2) is 17.4 Å². The number of ketones is 1. The predicted octanol–water partition coefficient (Wildman–Crippen LogP) is 7.28. The van der Waals surface area contributed by atoms with Crippen molar-refractivity contribution in [2.75, 3.05) is 5.33 Å². The number of alkyl halides is 1. The van der Waals surface area contributed by atoms with E-state index in [1.54, 1.807) is 24.3 Å². The van der Waals surface area contributed by atoms with Crippen molar-refractivity contribution in [2.45, 2.75) is 6.42 Å². The predicted molar refractivity (Wildman–Crippen MR) is 134 cm³/mol. The summed E-state index contributed by atoms with van der Waals surface area (Å²) >= 11 is 3.14. The molecule has 0 spiro atoms. The molecule has 0 atom stereocenters. The highest BCUT2D eigenvalue weighted by Gasteiger charge is 2.04. The lowest BCUT2D eigenvalue weighted by molar-refractivity contribution is -0.107. The van der Waals surface area contributed by atoms with E-state index in [0.717, 1.165) is 34.8 Å². The van der Waals surface area contributed by atoms with Gasteiger partial charge in [0.2, 0.25) is 0 Å². The van der Waals surface area contributed by atoms with Gasteiger partial charge in [0.15, 0.2) is 5.78 Å². The molecule has 0 aromatic heterocycles. The van der Waals surface area contributed by atoms with E-state index in [4.69, 9.17) is 9.47 Å². The summed E-state index contributed by atoms with van der Waals surface area (Å²) in [5, 5.41) is 0.339. The minimum atomic E-state index is 0.0660. The van der Waals surface area contributed by atoms with Gasteiger partial charge in [-0.05, 0) is 66.2 Å².